The summed E-state index contributed by atoms with van der Waals surface area (Å²) in [5, 5.41) is 0.0693. The van der Waals surface area contributed by atoms with Crippen LogP contribution in [-0.2, 0) is 6.18 Å². The molecule has 0 aromatic carbocycles. The van der Waals surface area contributed by atoms with Crippen LogP contribution in [0.25, 0.3) is 0 Å². The van der Waals surface area contributed by atoms with Gasteiger partial charge >= 0.3 is 6.18 Å². The Morgan fingerprint density at radius 2 is 1.91 bits per heavy atom. The van der Waals surface area contributed by atoms with E-state index in [2.05, 4.69) is 17.6 Å². The van der Waals surface area contributed by atoms with Crippen LogP contribution in [0, 0.1) is 0 Å². The predicted octanol–water partition coefficient (Wildman–Crippen LogP) is 2.39. The molecule has 0 saturated carbocycles. The van der Waals surface area contributed by atoms with Crippen LogP contribution in [0.15, 0.2) is 23.2 Å². The normalized spacial score (nSPS) is 11.6. The molecule has 0 saturated heterocycles. The highest BCUT2D eigenvalue weighted by molar-refractivity contribution is 7.80. The summed E-state index contributed by atoms with van der Waals surface area (Å²) in [6, 6.07) is 3.55. The molecule has 11 heavy (non-hydrogen) atoms. The smallest absolute Gasteiger partial charge is 0.237 e. The molecule has 1 aromatic heterocycles. The monoisotopic (exact) mass is 179 g/mol. The van der Waals surface area contributed by atoms with E-state index in [1.807, 2.05) is 0 Å². The Balaban J connectivity index is 3.06. The van der Waals surface area contributed by atoms with Crippen LogP contribution in [0.2, 0.25) is 0 Å². The minimum Gasteiger partial charge on any atom is -0.237 e. The molecule has 0 fully saturated rings. The van der Waals surface area contributed by atoms with Gasteiger partial charge in [-0.3, -0.25) is 0 Å². The molecule has 1 rings (SSSR count). The van der Waals surface area contributed by atoms with Crippen molar-refractivity contribution in [3.63, 3.8) is 0 Å². The van der Waals surface area contributed by atoms with Crippen LogP contribution in [-0.4, -0.2) is 4.98 Å². The molecule has 1 heterocycles. The highest BCUT2D eigenvalue weighted by Gasteiger charge is 2.32. The maximum absolute atomic E-state index is 11.9. The average molecular weight is 179 g/mol. The van der Waals surface area contributed by atoms with Gasteiger partial charge in [-0.2, -0.15) is 13.2 Å². The van der Waals surface area contributed by atoms with Crippen molar-refractivity contribution in [3.05, 3.63) is 23.9 Å². The first-order valence-corrected chi connectivity index (χ1v) is 3.18. The van der Waals surface area contributed by atoms with Crippen molar-refractivity contribution in [2.45, 2.75) is 11.2 Å². The lowest BCUT2D eigenvalue weighted by Gasteiger charge is -2.04. The van der Waals surface area contributed by atoms with E-state index in [1.54, 1.807) is 0 Å². The van der Waals surface area contributed by atoms with Gasteiger partial charge in [0.2, 0.25) is 0 Å². The molecule has 1 nitrogen and oxygen atoms in total. The van der Waals surface area contributed by atoms with Crippen LogP contribution < -0.4 is 0 Å². The van der Waals surface area contributed by atoms with Gasteiger partial charge in [0, 0.05) is 0 Å². The van der Waals surface area contributed by atoms with Gasteiger partial charge in [-0.25, -0.2) is 4.98 Å². The third-order valence-corrected chi connectivity index (χ3v) is 1.27. The van der Waals surface area contributed by atoms with Crippen molar-refractivity contribution in [3.8, 4) is 0 Å². The van der Waals surface area contributed by atoms with Gasteiger partial charge in [0.05, 0.1) is 5.03 Å². The van der Waals surface area contributed by atoms with Crippen LogP contribution in [0.4, 0.5) is 13.2 Å². The highest BCUT2D eigenvalue weighted by atomic mass is 32.1. The van der Waals surface area contributed by atoms with Gasteiger partial charge in [0.15, 0.2) is 0 Å². The summed E-state index contributed by atoms with van der Waals surface area (Å²) >= 11 is 3.67. The second kappa shape index (κ2) is 2.73. The second-order valence-corrected chi connectivity index (χ2v) is 2.34. The van der Waals surface area contributed by atoms with Gasteiger partial charge in [-0.1, -0.05) is 6.07 Å². The molecule has 0 bridgehead atoms. The minimum atomic E-state index is -4.38. The molecule has 5 heteroatoms. The van der Waals surface area contributed by atoms with Crippen LogP contribution >= 0.6 is 12.6 Å². The summed E-state index contributed by atoms with van der Waals surface area (Å²) in [4.78, 5) is 3.18. The summed E-state index contributed by atoms with van der Waals surface area (Å²) in [5.41, 5.74) is -0.912. The molecule has 60 valence electrons. The van der Waals surface area contributed by atoms with Crippen LogP contribution in [0.5, 0.6) is 0 Å². The Labute approximate surface area is 66.7 Å². The largest absolute Gasteiger partial charge is 0.433 e. The maximum atomic E-state index is 11.9. The first-order valence-electron chi connectivity index (χ1n) is 2.73. The second-order valence-electron chi connectivity index (χ2n) is 1.88. The summed E-state index contributed by atoms with van der Waals surface area (Å²) in [6.07, 6.45) is -4.38. The van der Waals surface area contributed by atoms with Gasteiger partial charge < -0.3 is 0 Å². The molecule has 0 amide bonds. The zero-order chi connectivity index (χ0) is 8.48. The molecule has 0 unspecified atom stereocenters. The molecule has 0 aliphatic rings. The van der Waals surface area contributed by atoms with E-state index in [-0.39, 0.29) is 5.03 Å². The van der Waals surface area contributed by atoms with Crippen molar-refractivity contribution in [1.82, 2.24) is 4.98 Å². The molecule has 0 aliphatic carbocycles. The molecule has 0 aliphatic heterocycles. The molecule has 0 spiro atoms. The quantitative estimate of drug-likeness (QED) is 0.603. The highest BCUT2D eigenvalue weighted by Crippen LogP contribution is 2.27. The Hall–Kier alpha value is -0.710. The number of hydrogen-bond donors (Lipinski definition) is 1. The van der Waals surface area contributed by atoms with Crippen molar-refractivity contribution in [2.75, 3.05) is 0 Å². The average Bonchev–Trinajstić information content (AvgIpc) is 1.86. The molecule has 0 radical (unpaired) electrons. The summed E-state index contributed by atoms with van der Waals surface area (Å²) in [7, 11) is 0. The van der Waals surface area contributed by atoms with Crippen LogP contribution in [0.3, 0.4) is 0 Å². The van der Waals surface area contributed by atoms with E-state index < -0.39 is 11.9 Å². The van der Waals surface area contributed by atoms with Crippen molar-refractivity contribution in [2.24, 2.45) is 0 Å². The number of pyridine rings is 1. The minimum absolute atomic E-state index is 0.0693. The number of aromatic nitrogens is 1. The zero-order valence-corrected chi connectivity index (χ0v) is 6.15. The number of halogens is 3. The van der Waals surface area contributed by atoms with Crippen molar-refractivity contribution in [1.29, 1.82) is 0 Å². The standard InChI is InChI=1S/C6H4F3NS/c7-6(8,9)4-2-1-3-5(11)10-4/h1-3H,(H,10,11). The fourth-order valence-corrected chi connectivity index (χ4v) is 0.775. The van der Waals surface area contributed by atoms with Gasteiger partial charge in [0.25, 0.3) is 0 Å². The number of nitrogens with zero attached hydrogens (tertiary/aromatic N) is 1. The van der Waals surface area contributed by atoms with E-state index in [4.69, 9.17) is 0 Å². The van der Waals surface area contributed by atoms with E-state index in [1.165, 1.54) is 12.1 Å². The van der Waals surface area contributed by atoms with E-state index in [0.717, 1.165) is 6.07 Å². The Morgan fingerprint density at radius 3 is 2.27 bits per heavy atom. The lowest BCUT2D eigenvalue weighted by Crippen LogP contribution is -2.07. The lowest BCUT2D eigenvalue weighted by atomic mass is 10.3. The third-order valence-electron chi connectivity index (χ3n) is 1.02. The van der Waals surface area contributed by atoms with E-state index in [9.17, 15) is 13.2 Å². The first-order chi connectivity index (χ1) is 5.00. The predicted molar refractivity (Wildman–Crippen MR) is 36.5 cm³/mol. The van der Waals surface area contributed by atoms with Crippen molar-refractivity contribution < 1.29 is 13.2 Å². The van der Waals surface area contributed by atoms with E-state index >= 15 is 0 Å². The summed E-state index contributed by atoms with van der Waals surface area (Å²) in [5.74, 6) is 0. The first kappa shape index (κ1) is 8.39. The van der Waals surface area contributed by atoms with Crippen molar-refractivity contribution >= 4 is 12.6 Å². The van der Waals surface area contributed by atoms with E-state index in [0.29, 0.717) is 0 Å². The molecular formula is C6H4F3NS. The fourth-order valence-electron chi connectivity index (χ4n) is 0.581. The molecular weight excluding hydrogens is 175 g/mol. The molecule has 0 N–H and O–H groups in total. The fraction of sp³-hybridized carbons (Fsp3) is 0.167. The number of thiol groups is 1. The SMILES string of the molecule is FC(F)(F)c1cccc(S)n1. The van der Waals surface area contributed by atoms with Crippen LogP contribution in [0.1, 0.15) is 5.69 Å². The van der Waals surface area contributed by atoms with Gasteiger partial charge in [-0.15, -0.1) is 12.6 Å². The maximum Gasteiger partial charge on any atom is 0.433 e. The lowest BCUT2D eigenvalue weighted by molar-refractivity contribution is -0.141. The zero-order valence-electron chi connectivity index (χ0n) is 5.26. The summed E-state index contributed by atoms with van der Waals surface area (Å²) < 4.78 is 35.6. The Morgan fingerprint density at radius 1 is 1.27 bits per heavy atom. The van der Waals surface area contributed by atoms with Gasteiger partial charge in [-0.05, 0) is 12.1 Å². The Bertz CT molecular complexity index is 258. The molecule has 0 atom stereocenters. The number of hydrogen-bond acceptors (Lipinski definition) is 2. The Kier molecular flexibility index (Phi) is 2.08. The summed E-state index contributed by atoms with van der Waals surface area (Å²) in [6.45, 7) is 0. The number of alkyl halides is 3. The number of rotatable bonds is 0. The third kappa shape index (κ3) is 2.11. The molecule has 1 aromatic rings. The van der Waals surface area contributed by atoms with Gasteiger partial charge in [0.1, 0.15) is 5.69 Å². The topological polar surface area (TPSA) is 12.9 Å².